The van der Waals surface area contributed by atoms with Crippen LogP contribution in [0.2, 0.25) is 0 Å². The number of rotatable bonds is 4. The molecule has 1 aromatic carbocycles. The number of nitrogens with one attached hydrogen (secondary N) is 1. The lowest BCUT2D eigenvalue weighted by atomic mass is 9.85. The summed E-state index contributed by atoms with van der Waals surface area (Å²) in [5.41, 5.74) is 5.39. The minimum absolute atomic E-state index is 0.193. The Bertz CT molecular complexity index is 579. The average molecular weight is 282 g/mol. The number of benzene rings is 1. The molecule has 2 aromatic rings. The molecular weight excluding hydrogens is 256 g/mol. The predicted molar refractivity (Wildman–Crippen MR) is 89.6 cm³/mol. The minimum atomic E-state index is 0.193. The summed E-state index contributed by atoms with van der Waals surface area (Å²) in [6, 6.07) is 11.3. The molecule has 0 fully saturated rings. The molecule has 0 saturated carbocycles. The quantitative estimate of drug-likeness (QED) is 0.899. The van der Waals surface area contributed by atoms with Crippen LogP contribution >= 0.6 is 0 Å². The van der Waals surface area contributed by atoms with Gasteiger partial charge in [0.15, 0.2) is 0 Å². The molecule has 0 saturated heterocycles. The summed E-state index contributed by atoms with van der Waals surface area (Å²) in [6.45, 7) is 11.9. The Labute approximate surface area is 128 Å². The predicted octanol–water partition coefficient (Wildman–Crippen LogP) is 4.39. The third-order valence-corrected chi connectivity index (χ3v) is 3.89. The van der Waals surface area contributed by atoms with Gasteiger partial charge in [-0.15, -0.1) is 0 Å². The van der Waals surface area contributed by atoms with Crippen molar-refractivity contribution in [1.82, 2.24) is 10.3 Å². The first-order chi connectivity index (χ1) is 9.93. The standard InChI is InChI=1S/C19H26N2/c1-6-21-18(17-11-12-20-13-14(17)2)15-7-9-16(10-8-15)19(3,4)5/h7-13,18,21H,6H2,1-5H3. The van der Waals surface area contributed by atoms with Crippen molar-refractivity contribution in [3.05, 3.63) is 65.0 Å². The van der Waals surface area contributed by atoms with Crippen LogP contribution in [0.5, 0.6) is 0 Å². The molecule has 21 heavy (non-hydrogen) atoms. The Morgan fingerprint density at radius 3 is 2.29 bits per heavy atom. The lowest BCUT2D eigenvalue weighted by Gasteiger charge is -2.23. The largest absolute Gasteiger partial charge is 0.307 e. The number of hydrogen-bond donors (Lipinski definition) is 1. The zero-order valence-corrected chi connectivity index (χ0v) is 13.8. The van der Waals surface area contributed by atoms with Gasteiger partial charge < -0.3 is 5.32 Å². The van der Waals surface area contributed by atoms with Crippen molar-refractivity contribution in [2.24, 2.45) is 0 Å². The van der Waals surface area contributed by atoms with Gasteiger partial charge >= 0.3 is 0 Å². The second-order valence-electron chi connectivity index (χ2n) is 6.59. The maximum absolute atomic E-state index is 4.20. The summed E-state index contributed by atoms with van der Waals surface area (Å²) < 4.78 is 0. The van der Waals surface area contributed by atoms with Gasteiger partial charge in [-0.2, -0.15) is 0 Å². The van der Waals surface area contributed by atoms with E-state index in [1.807, 2.05) is 12.4 Å². The van der Waals surface area contributed by atoms with Crippen molar-refractivity contribution in [3.63, 3.8) is 0 Å². The monoisotopic (exact) mass is 282 g/mol. The number of pyridine rings is 1. The molecule has 2 rings (SSSR count). The van der Waals surface area contributed by atoms with E-state index in [4.69, 9.17) is 0 Å². The maximum atomic E-state index is 4.20. The molecule has 0 aliphatic carbocycles. The molecule has 1 atom stereocenters. The normalized spacial score (nSPS) is 13.2. The first-order valence-electron chi connectivity index (χ1n) is 7.68. The van der Waals surface area contributed by atoms with Crippen LogP contribution < -0.4 is 5.32 Å². The van der Waals surface area contributed by atoms with Gasteiger partial charge in [0, 0.05) is 12.4 Å². The lowest BCUT2D eigenvalue weighted by Crippen LogP contribution is -2.23. The van der Waals surface area contributed by atoms with E-state index < -0.39 is 0 Å². The summed E-state index contributed by atoms with van der Waals surface area (Å²) in [5, 5.41) is 3.59. The fraction of sp³-hybridized carbons (Fsp3) is 0.421. The van der Waals surface area contributed by atoms with Crippen LogP contribution in [0.1, 0.15) is 56.0 Å². The van der Waals surface area contributed by atoms with Crippen molar-refractivity contribution in [2.45, 2.75) is 46.1 Å². The molecule has 0 radical (unpaired) electrons. The number of nitrogens with zero attached hydrogens (tertiary/aromatic N) is 1. The van der Waals surface area contributed by atoms with Gasteiger partial charge in [0.05, 0.1) is 6.04 Å². The van der Waals surface area contributed by atoms with Crippen LogP contribution in [0.4, 0.5) is 0 Å². The molecule has 1 unspecified atom stereocenters. The van der Waals surface area contributed by atoms with Gasteiger partial charge in [-0.1, -0.05) is 52.0 Å². The van der Waals surface area contributed by atoms with Crippen LogP contribution in [0.25, 0.3) is 0 Å². The van der Waals surface area contributed by atoms with Crippen molar-refractivity contribution in [3.8, 4) is 0 Å². The zero-order chi connectivity index (χ0) is 15.5. The Hall–Kier alpha value is -1.67. The van der Waals surface area contributed by atoms with E-state index in [9.17, 15) is 0 Å². The van der Waals surface area contributed by atoms with Gasteiger partial charge in [-0.05, 0) is 47.2 Å². The van der Waals surface area contributed by atoms with Crippen molar-refractivity contribution in [1.29, 1.82) is 0 Å². The molecule has 0 spiro atoms. The highest BCUT2D eigenvalue weighted by Crippen LogP contribution is 2.27. The van der Waals surface area contributed by atoms with Crippen molar-refractivity contribution < 1.29 is 0 Å². The summed E-state index contributed by atoms with van der Waals surface area (Å²) in [5.74, 6) is 0. The number of aromatic nitrogens is 1. The third kappa shape index (κ3) is 3.70. The second kappa shape index (κ2) is 6.40. The van der Waals surface area contributed by atoms with Crippen LogP contribution in [-0.2, 0) is 5.41 Å². The molecule has 0 amide bonds. The molecule has 1 heterocycles. The molecule has 2 nitrogen and oxygen atoms in total. The summed E-state index contributed by atoms with van der Waals surface area (Å²) in [7, 11) is 0. The van der Waals surface area contributed by atoms with Crippen LogP contribution in [0, 0.1) is 6.92 Å². The molecule has 112 valence electrons. The SMILES string of the molecule is CCNC(c1ccc(C(C)(C)C)cc1)c1ccncc1C. The fourth-order valence-electron chi connectivity index (χ4n) is 2.60. The van der Waals surface area contributed by atoms with Crippen molar-refractivity contribution >= 4 is 0 Å². The summed E-state index contributed by atoms with van der Waals surface area (Å²) in [6.07, 6.45) is 3.80. The highest BCUT2D eigenvalue weighted by atomic mass is 14.9. The molecule has 1 aromatic heterocycles. The lowest BCUT2D eigenvalue weighted by molar-refractivity contribution is 0.587. The summed E-state index contributed by atoms with van der Waals surface area (Å²) >= 11 is 0. The highest BCUT2D eigenvalue weighted by molar-refractivity contribution is 5.37. The molecular formula is C19H26N2. The molecule has 0 bridgehead atoms. The number of hydrogen-bond acceptors (Lipinski definition) is 2. The zero-order valence-electron chi connectivity index (χ0n) is 13.8. The van der Waals surface area contributed by atoms with Crippen LogP contribution in [0.15, 0.2) is 42.7 Å². The van der Waals surface area contributed by atoms with E-state index in [0.29, 0.717) is 0 Å². The maximum Gasteiger partial charge on any atom is 0.0580 e. The third-order valence-electron chi connectivity index (χ3n) is 3.89. The van der Waals surface area contributed by atoms with Gasteiger partial charge in [-0.25, -0.2) is 0 Å². The van der Waals surface area contributed by atoms with Gasteiger partial charge in [0.1, 0.15) is 0 Å². The van der Waals surface area contributed by atoms with E-state index in [1.165, 1.54) is 22.3 Å². The topological polar surface area (TPSA) is 24.9 Å². The van der Waals surface area contributed by atoms with Crippen LogP contribution in [-0.4, -0.2) is 11.5 Å². The van der Waals surface area contributed by atoms with Crippen LogP contribution in [0.3, 0.4) is 0 Å². The minimum Gasteiger partial charge on any atom is -0.307 e. The van der Waals surface area contributed by atoms with Gasteiger partial charge in [-0.3, -0.25) is 4.98 Å². The second-order valence-corrected chi connectivity index (χ2v) is 6.59. The van der Waals surface area contributed by atoms with E-state index >= 15 is 0 Å². The molecule has 0 aliphatic heterocycles. The highest BCUT2D eigenvalue weighted by Gasteiger charge is 2.17. The summed E-state index contributed by atoms with van der Waals surface area (Å²) in [4.78, 5) is 4.20. The Morgan fingerprint density at radius 2 is 1.76 bits per heavy atom. The Kier molecular flexibility index (Phi) is 4.79. The van der Waals surface area contributed by atoms with Gasteiger partial charge in [0.25, 0.3) is 0 Å². The van der Waals surface area contributed by atoms with Crippen molar-refractivity contribution in [2.75, 3.05) is 6.54 Å². The van der Waals surface area contributed by atoms with E-state index in [1.54, 1.807) is 0 Å². The van der Waals surface area contributed by atoms with E-state index in [2.05, 4.69) is 75.3 Å². The Balaban J connectivity index is 2.37. The van der Waals surface area contributed by atoms with E-state index in [0.717, 1.165) is 6.54 Å². The first kappa shape index (κ1) is 15.7. The smallest absolute Gasteiger partial charge is 0.0580 e. The Morgan fingerprint density at radius 1 is 1.10 bits per heavy atom. The van der Waals surface area contributed by atoms with Gasteiger partial charge in [0.2, 0.25) is 0 Å². The molecule has 0 aliphatic rings. The molecule has 1 N–H and O–H groups in total. The average Bonchev–Trinajstić information content (AvgIpc) is 2.45. The first-order valence-corrected chi connectivity index (χ1v) is 7.68. The number of aryl methyl sites for hydroxylation is 1. The van der Waals surface area contributed by atoms with E-state index in [-0.39, 0.29) is 11.5 Å². The molecule has 2 heteroatoms. The fourth-order valence-corrected chi connectivity index (χ4v) is 2.60.